The Kier molecular flexibility index (Phi) is 5.80. The molecule has 0 bridgehead atoms. The standard InChI is InChI=1S/C21H30N4S/c1-7-16-8-10-17(11-9-16)20-19-13(2)14(3)26-21(19)25(15(4)22-5)18(23-6)12-24-20/h8-11,15,18,22-23H,7,12H2,1-6H3. The lowest BCUT2D eigenvalue weighted by Crippen LogP contribution is -2.54. The Bertz CT molecular complexity index is 791. The number of thiophene rings is 1. The predicted octanol–water partition coefficient (Wildman–Crippen LogP) is 3.70. The van der Waals surface area contributed by atoms with E-state index in [-0.39, 0.29) is 12.3 Å². The Labute approximate surface area is 161 Å². The molecule has 0 saturated heterocycles. The number of nitrogens with zero attached hydrogens (tertiary/aromatic N) is 2. The molecule has 4 nitrogen and oxygen atoms in total. The van der Waals surface area contributed by atoms with Crippen LogP contribution in [-0.2, 0) is 6.42 Å². The number of hydrogen-bond donors (Lipinski definition) is 2. The van der Waals surface area contributed by atoms with E-state index in [0.717, 1.165) is 18.7 Å². The lowest BCUT2D eigenvalue weighted by Gasteiger charge is -2.36. The molecule has 3 rings (SSSR count). The second-order valence-corrected chi connectivity index (χ2v) is 8.08. The number of likely N-dealkylation sites (N-methyl/N-ethyl adjacent to an activating group) is 1. The molecule has 2 heterocycles. The first-order chi connectivity index (χ1) is 12.5. The molecule has 2 N–H and O–H groups in total. The smallest absolute Gasteiger partial charge is 0.104 e. The minimum atomic E-state index is 0.168. The van der Waals surface area contributed by atoms with Crippen LogP contribution >= 0.6 is 11.3 Å². The number of anilines is 1. The number of rotatable bonds is 5. The fraction of sp³-hybridized carbons (Fsp3) is 0.476. The van der Waals surface area contributed by atoms with Crippen molar-refractivity contribution in [1.29, 1.82) is 0 Å². The number of benzene rings is 1. The van der Waals surface area contributed by atoms with Crippen molar-refractivity contribution in [2.75, 3.05) is 25.5 Å². The van der Waals surface area contributed by atoms with E-state index in [1.54, 1.807) is 0 Å². The molecular weight excluding hydrogens is 340 g/mol. The number of hydrogen-bond acceptors (Lipinski definition) is 5. The summed E-state index contributed by atoms with van der Waals surface area (Å²) in [6.45, 7) is 9.57. The molecule has 2 aromatic rings. The highest BCUT2D eigenvalue weighted by molar-refractivity contribution is 7.16. The van der Waals surface area contributed by atoms with Gasteiger partial charge in [-0.2, -0.15) is 0 Å². The van der Waals surface area contributed by atoms with Crippen LogP contribution in [0.15, 0.2) is 29.3 Å². The monoisotopic (exact) mass is 370 g/mol. The van der Waals surface area contributed by atoms with Gasteiger partial charge in [0, 0.05) is 16.0 Å². The third kappa shape index (κ3) is 3.31. The van der Waals surface area contributed by atoms with Gasteiger partial charge in [-0.05, 0) is 52.4 Å². The molecule has 1 aliphatic rings. The van der Waals surface area contributed by atoms with Crippen LogP contribution in [0.2, 0.25) is 0 Å². The first-order valence-corrected chi connectivity index (χ1v) is 10.2. The Morgan fingerprint density at radius 3 is 2.50 bits per heavy atom. The van der Waals surface area contributed by atoms with Gasteiger partial charge >= 0.3 is 0 Å². The van der Waals surface area contributed by atoms with Crippen LogP contribution < -0.4 is 15.5 Å². The molecule has 5 heteroatoms. The molecule has 0 aliphatic carbocycles. The highest BCUT2D eigenvalue weighted by Gasteiger charge is 2.32. The Hall–Kier alpha value is -1.69. The maximum Gasteiger partial charge on any atom is 0.104 e. The summed E-state index contributed by atoms with van der Waals surface area (Å²) in [7, 11) is 4.03. The highest BCUT2D eigenvalue weighted by atomic mass is 32.1. The zero-order chi connectivity index (χ0) is 18.8. The summed E-state index contributed by atoms with van der Waals surface area (Å²) in [6, 6.07) is 8.89. The predicted molar refractivity (Wildman–Crippen MR) is 114 cm³/mol. The van der Waals surface area contributed by atoms with Crippen LogP contribution in [0.1, 0.15) is 41.0 Å². The molecule has 140 valence electrons. The number of aliphatic imine (C=N–C) groups is 1. The molecule has 0 radical (unpaired) electrons. The number of nitrogens with one attached hydrogen (secondary N) is 2. The Morgan fingerprint density at radius 2 is 1.92 bits per heavy atom. The van der Waals surface area contributed by atoms with E-state index in [1.807, 2.05) is 25.4 Å². The van der Waals surface area contributed by atoms with Crippen molar-refractivity contribution in [2.24, 2.45) is 4.99 Å². The lowest BCUT2D eigenvalue weighted by atomic mass is 9.98. The van der Waals surface area contributed by atoms with Crippen molar-refractivity contribution in [1.82, 2.24) is 10.6 Å². The van der Waals surface area contributed by atoms with Crippen LogP contribution in [0.5, 0.6) is 0 Å². The van der Waals surface area contributed by atoms with Crippen molar-refractivity contribution in [3.8, 4) is 0 Å². The maximum atomic E-state index is 5.08. The first kappa shape index (κ1) is 19.1. The van der Waals surface area contributed by atoms with E-state index in [9.17, 15) is 0 Å². The van der Waals surface area contributed by atoms with Crippen LogP contribution in [0, 0.1) is 13.8 Å². The number of aryl methyl sites for hydroxylation is 2. The maximum absolute atomic E-state index is 5.08. The summed E-state index contributed by atoms with van der Waals surface area (Å²) in [6.07, 6.45) is 1.45. The minimum absolute atomic E-state index is 0.168. The fourth-order valence-electron chi connectivity index (χ4n) is 3.51. The van der Waals surface area contributed by atoms with Crippen LogP contribution in [0.4, 0.5) is 5.00 Å². The zero-order valence-electron chi connectivity index (χ0n) is 16.7. The van der Waals surface area contributed by atoms with Gasteiger partial charge in [0.15, 0.2) is 0 Å². The summed E-state index contributed by atoms with van der Waals surface area (Å²) >= 11 is 1.87. The van der Waals surface area contributed by atoms with E-state index in [1.165, 1.54) is 32.1 Å². The minimum Gasteiger partial charge on any atom is -0.330 e. The van der Waals surface area contributed by atoms with Gasteiger partial charge in [0.2, 0.25) is 0 Å². The van der Waals surface area contributed by atoms with Crippen LogP contribution in [0.25, 0.3) is 0 Å². The molecule has 0 spiro atoms. The lowest BCUT2D eigenvalue weighted by molar-refractivity contribution is 0.455. The van der Waals surface area contributed by atoms with Crippen molar-refractivity contribution >= 4 is 22.0 Å². The molecule has 26 heavy (non-hydrogen) atoms. The van der Waals surface area contributed by atoms with E-state index in [4.69, 9.17) is 4.99 Å². The molecular formula is C21H30N4S. The van der Waals surface area contributed by atoms with Gasteiger partial charge < -0.3 is 10.2 Å². The van der Waals surface area contributed by atoms with Gasteiger partial charge in [-0.25, -0.2) is 0 Å². The summed E-state index contributed by atoms with van der Waals surface area (Å²) in [5, 5.41) is 8.17. The SMILES string of the molecule is CCc1ccc(C2=NCC(NC)N(C(C)NC)c3sc(C)c(C)c32)cc1. The van der Waals surface area contributed by atoms with Crippen LogP contribution in [-0.4, -0.2) is 38.7 Å². The topological polar surface area (TPSA) is 39.7 Å². The summed E-state index contributed by atoms with van der Waals surface area (Å²) in [5.41, 5.74) is 6.32. The van der Waals surface area contributed by atoms with Crippen molar-refractivity contribution in [3.63, 3.8) is 0 Å². The van der Waals surface area contributed by atoms with Crippen molar-refractivity contribution in [3.05, 3.63) is 51.4 Å². The van der Waals surface area contributed by atoms with Crippen LogP contribution in [0.3, 0.4) is 0 Å². The summed E-state index contributed by atoms with van der Waals surface area (Å²) in [4.78, 5) is 8.88. The quantitative estimate of drug-likeness (QED) is 0.843. The normalized spacial score (nSPS) is 18.3. The average Bonchev–Trinajstić information content (AvgIpc) is 2.86. The van der Waals surface area contributed by atoms with Crippen molar-refractivity contribution < 1.29 is 0 Å². The molecule has 2 atom stereocenters. The van der Waals surface area contributed by atoms with Gasteiger partial charge in [-0.1, -0.05) is 31.2 Å². The second kappa shape index (κ2) is 7.91. The average molecular weight is 371 g/mol. The van der Waals surface area contributed by atoms with Gasteiger partial charge in [-0.3, -0.25) is 10.3 Å². The zero-order valence-corrected chi connectivity index (χ0v) is 17.5. The highest BCUT2D eigenvalue weighted by Crippen LogP contribution is 2.40. The molecule has 0 amide bonds. The van der Waals surface area contributed by atoms with E-state index in [2.05, 4.69) is 67.5 Å². The van der Waals surface area contributed by atoms with Gasteiger partial charge in [0.1, 0.15) is 11.2 Å². The molecule has 0 saturated carbocycles. The summed E-state index contributed by atoms with van der Waals surface area (Å²) in [5.74, 6) is 0. The third-order valence-electron chi connectivity index (χ3n) is 5.40. The van der Waals surface area contributed by atoms with Gasteiger partial charge in [-0.15, -0.1) is 11.3 Å². The molecule has 1 aromatic carbocycles. The fourth-order valence-corrected chi connectivity index (χ4v) is 4.79. The van der Waals surface area contributed by atoms with Gasteiger partial charge in [0.05, 0.1) is 18.4 Å². The van der Waals surface area contributed by atoms with E-state index in [0.29, 0.717) is 0 Å². The molecule has 0 fully saturated rings. The molecule has 1 aromatic heterocycles. The summed E-state index contributed by atoms with van der Waals surface area (Å²) < 4.78 is 0. The van der Waals surface area contributed by atoms with Gasteiger partial charge in [0.25, 0.3) is 0 Å². The molecule has 1 aliphatic heterocycles. The third-order valence-corrected chi connectivity index (χ3v) is 6.62. The van der Waals surface area contributed by atoms with E-state index < -0.39 is 0 Å². The van der Waals surface area contributed by atoms with Crippen molar-refractivity contribution in [2.45, 2.75) is 46.4 Å². The first-order valence-electron chi connectivity index (χ1n) is 9.38. The molecule has 2 unspecified atom stereocenters. The Balaban J connectivity index is 2.17. The Morgan fingerprint density at radius 1 is 1.23 bits per heavy atom. The number of fused-ring (bicyclic) bond motifs is 1. The largest absolute Gasteiger partial charge is 0.330 e. The second-order valence-electron chi connectivity index (χ2n) is 6.88. The van der Waals surface area contributed by atoms with E-state index >= 15 is 0 Å².